The Morgan fingerprint density at radius 3 is 2.18 bits per heavy atom. The SMILES string of the molecule is CCOC(=O)[C@H](CO)NC(C(C)C)C(C)(C)C. The molecule has 0 bridgehead atoms. The van der Waals surface area contributed by atoms with E-state index in [1.807, 2.05) is 0 Å². The summed E-state index contributed by atoms with van der Waals surface area (Å²) >= 11 is 0. The van der Waals surface area contributed by atoms with Crippen molar-refractivity contribution in [3.63, 3.8) is 0 Å². The number of carbonyl (C=O) groups is 1. The first kappa shape index (κ1) is 16.4. The van der Waals surface area contributed by atoms with E-state index >= 15 is 0 Å². The van der Waals surface area contributed by atoms with Crippen LogP contribution in [0.15, 0.2) is 0 Å². The van der Waals surface area contributed by atoms with Crippen LogP contribution >= 0.6 is 0 Å². The van der Waals surface area contributed by atoms with Gasteiger partial charge in [0.15, 0.2) is 0 Å². The summed E-state index contributed by atoms with van der Waals surface area (Å²) in [5, 5.41) is 12.5. The van der Waals surface area contributed by atoms with E-state index in [0.29, 0.717) is 12.5 Å². The topological polar surface area (TPSA) is 58.6 Å². The zero-order chi connectivity index (χ0) is 13.6. The number of aliphatic hydroxyl groups excluding tert-OH is 1. The van der Waals surface area contributed by atoms with Crippen LogP contribution < -0.4 is 5.32 Å². The monoisotopic (exact) mass is 245 g/mol. The van der Waals surface area contributed by atoms with E-state index in [4.69, 9.17) is 4.74 Å². The second kappa shape index (κ2) is 6.97. The van der Waals surface area contributed by atoms with Gasteiger partial charge in [-0.1, -0.05) is 34.6 Å². The van der Waals surface area contributed by atoms with Crippen molar-refractivity contribution < 1.29 is 14.6 Å². The second-order valence-corrected chi connectivity index (χ2v) is 5.74. The summed E-state index contributed by atoms with van der Waals surface area (Å²) in [4.78, 5) is 11.6. The number of hydrogen-bond acceptors (Lipinski definition) is 4. The van der Waals surface area contributed by atoms with E-state index in [2.05, 4.69) is 39.9 Å². The fourth-order valence-corrected chi connectivity index (χ4v) is 2.10. The van der Waals surface area contributed by atoms with Gasteiger partial charge in [-0.15, -0.1) is 0 Å². The Hall–Kier alpha value is -0.610. The van der Waals surface area contributed by atoms with Crippen molar-refractivity contribution in [3.05, 3.63) is 0 Å². The molecule has 0 heterocycles. The van der Waals surface area contributed by atoms with Gasteiger partial charge in [0.1, 0.15) is 6.04 Å². The molecule has 0 aliphatic rings. The third-order valence-electron chi connectivity index (χ3n) is 2.73. The smallest absolute Gasteiger partial charge is 0.325 e. The molecule has 0 radical (unpaired) electrons. The Bertz CT molecular complexity index is 233. The summed E-state index contributed by atoms with van der Waals surface area (Å²) in [6, 6.07) is -0.495. The molecular weight excluding hydrogens is 218 g/mol. The molecule has 4 nitrogen and oxygen atoms in total. The standard InChI is InChI=1S/C13H27NO3/c1-7-17-12(16)10(8-15)14-11(9(2)3)13(4,5)6/h9-11,14-15H,7-8H2,1-6H3/t10-,11?/m0/s1. The third kappa shape index (κ3) is 5.50. The number of carbonyl (C=O) groups excluding carboxylic acids is 1. The first-order chi connectivity index (χ1) is 7.73. The van der Waals surface area contributed by atoms with Crippen molar-refractivity contribution in [1.29, 1.82) is 0 Å². The number of rotatable bonds is 6. The van der Waals surface area contributed by atoms with Crippen molar-refractivity contribution in [2.24, 2.45) is 11.3 Å². The van der Waals surface area contributed by atoms with Crippen LogP contribution in [-0.4, -0.2) is 36.4 Å². The molecule has 0 fully saturated rings. The van der Waals surface area contributed by atoms with Gasteiger partial charge >= 0.3 is 5.97 Å². The largest absolute Gasteiger partial charge is 0.465 e. The van der Waals surface area contributed by atoms with Crippen molar-refractivity contribution in [1.82, 2.24) is 5.32 Å². The summed E-state index contributed by atoms with van der Waals surface area (Å²) < 4.78 is 4.93. The highest BCUT2D eigenvalue weighted by Crippen LogP contribution is 2.25. The number of nitrogens with one attached hydrogen (secondary N) is 1. The molecule has 0 saturated carbocycles. The van der Waals surface area contributed by atoms with Crippen molar-refractivity contribution in [2.45, 2.75) is 53.6 Å². The Morgan fingerprint density at radius 2 is 1.88 bits per heavy atom. The maximum absolute atomic E-state index is 11.6. The van der Waals surface area contributed by atoms with Crippen LogP contribution in [0, 0.1) is 11.3 Å². The number of hydrogen-bond donors (Lipinski definition) is 2. The highest BCUT2D eigenvalue weighted by atomic mass is 16.5. The summed E-state index contributed by atoms with van der Waals surface area (Å²) in [6.07, 6.45) is 0. The highest BCUT2D eigenvalue weighted by molar-refractivity contribution is 5.75. The first-order valence-corrected chi connectivity index (χ1v) is 6.27. The van der Waals surface area contributed by atoms with Crippen molar-refractivity contribution in [2.75, 3.05) is 13.2 Å². The average molecular weight is 245 g/mol. The van der Waals surface area contributed by atoms with E-state index in [1.54, 1.807) is 6.92 Å². The fourth-order valence-electron chi connectivity index (χ4n) is 2.10. The van der Waals surface area contributed by atoms with E-state index < -0.39 is 6.04 Å². The van der Waals surface area contributed by atoms with Crippen molar-refractivity contribution >= 4 is 5.97 Å². The molecular formula is C13H27NO3. The van der Waals surface area contributed by atoms with Gasteiger partial charge in [-0.3, -0.25) is 10.1 Å². The van der Waals surface area contributed by atoms with E-state index in [9.17, 15) is 9.90 Å². The van der Waals surface area contributed by atoms with Gasteiger partial charge in [0, 0.05) is 6.04 Å². The lowest BCUT2D eigenvalue weighted by Crippen LogP contribution is -2.53. The van der Waals surface area contributed by atoms with Crippen LogP contribution in [0.2, 0.25) is 0 Å². The summed E-state index contributed by atoms with van der Waals surface area (Å²) in [5.74, 6) is -0.0108. The number of ether oxygens (including phenoxy) is 1. The lowest BCUT2D eigenvalue weighted by atomic mass is 9.80. The van der Waals surface area contributed by atoms with Crippen LogP contribution in [0.3, 0.4) is 0 Å². The van der Waals surface area contributed by atoms with Gasteiger partial charge in [-0.2, -0.15) is 0 Å². The van der Waals surface area contributed by atoms with Crippen LogP contribution in [0.1, 0.15) is 41.5 Å². The summed E-state index contributed by atoms with van der Waals surface area (Å²) in [5.41, 5.74) is 0.0219. The molecule has 0 amide bonds. The van der Waals surface area contributed by atoms with E-state index in [1.165, 1.54) is 0 Å². The molecule has 2 N–H and O–H groups in total. The molecule has 4 heteroatoms. The lowest BCUT2D eigenvalue weighted by molar-refractivity contribution is -0.147. The number of aliphatic hydroxyl groups is 1. The Balaban J connectivity index is 4.66. The van der Waals surface area contributed by atoms with E-state index in [0.717, 1.165) is 0 Å². The number of esters is 1. The normalized spacial score (nSPS) is 15.8. The fraction of sp³-hybridized carbons (Fsp3) is 0.923. The zero-order valence-electron chi connectivity index (χ0n) is 11.9. The Morgan fingerprint density at radius 1 is 1.35 bits per heavy atom. The van der Waals surface area contributed by atoms with Crippen LogP contribution in [0.4, 0.5) is 0 Å². The molecule has 0 aliphatic heterocycles. The van der Waals surface area contributed by atoms with Gasteiger partial charge in [0.25, 0.3) is 0 Å². The Kier molecular flexibility index (Phi) is 6.72. The predicted molar refractivity (Wildman–Crippen MR) is 68.7 cm³/mol. The minimum Gasteiger partial charge on any atom is -0.465 e. The molecule has 0 aromatic rings. The molecule has 0 aliphatic carbocycles. The summed E-state index contributed by atoms with van der Waals surface area (Å²) in [6.45, 7) is 12.4. The minimum atomic E-state index is -0.637. The quantitative estimate of drug-likeness (QED) is 0.697. The molecule has 0 saturated heterocycles. The summed E-state index contributed by atoms with van der Waals surface area (Å²) in [7, 11) is 0. The minimum absolute atomic E-state index is 0.0219. The van der Waals surface area contributed by atoms with Gasteiger partial charge in [0.2, 0.25) is 0 Å². The third-order valence-corrected chi connectivity index (χ3v) is 2.73. The van der Waals surface area contributed by atoms with Gasteiger partial charge in [-0.25, -0.2) is 0 Å². The van der Waals surface area contributed by atoms with Crippen LogP contribution in [0.5, 0.6) is 0 Å². The first-order valence-electron chi connectivity index (χ1n) is 6.27. The van der Waals surface area contributed by atoms with Gasteiger partial charge in [0.05, 0.1) is 13.2 Å². The molecule has 0 aromatic carbocycles. The molecule has 0 rings (SSSR count). The molecule has 17 heavy (non-hydrogen) atoms. The molecule has 2 atom stereocenters. The average Bonchev–Trinajstić information content (AvgIpc) is 2.16. The predicted octanol–water partition coefficient (Wildman–Crippen LogP) is 1.57. The van der Waals surface area contributed by atoms with Crippen molar-refractivity contribution in [3.8, 4) is 0 Å². The molecule has 0 aromatic heterocycles. The zero-order valence-corrected chi connectivity index (χ0v) is 11.9. The maximum atomic E-state index is 11.6. The van der Waals surface area contributed by atoms with Crippen LogP contribution in [0.25, 0.3) is 0 Å². The highest BCUT2D eigenvalue weighted by Gasteiger charge is 2.31. The maximum Gasteiger partial charge on any atom is 0.325 e. The molecule has 102 valence electrons. The van der Waals surface area contributed by atoms with Gasteiger partial charge < -0.3 is 9.84 Å². The molecule has 1 unspecified atom stereocenters. The Labute approximate surface area is 105 Å². The van der Waals surface area contributed by atoms with Gasteiger partial charge in [-0.05, 0) is 18.3 Å². The van der Waals surface area contributed by atoms with E-state index in [-0.39, 0.29) is 24.0 Å². The molecule has 0 spiro atoms. The van der Waals surface area contributed by atoms with Crippen LogP contribution in [-0.2, 0) is 9.53 Å². The second-order valence-electron chi connectivity index (χ2n) is 5.74. The lowest BCUT2D eigenvalue weighted by Gasteiger charge is -2.36.